The Morgan fingerprint density at radius 1 is 1.00 bits per heavy atom. The molecule has 0 saturated carbocycles. The second-order valence-electron chi connectivity index (χ2n) is 7.38. The normalized spacial score (nSPS) is 11.8. The molecule has 2 aromatic carbocycles. The van der Waals surface area contributed by atoms with Crippen molar-refractivity contribution in [2.24, 2.45) is 0 Å². The molecular weight excluding hydrogens is 304 g/mol. The molecule has 24 heavy (non-hydrogen) atoms. The molecule has 0 aromatic heterocycles. The van der Waals surface area contributed by atoms with Gasteiger partial charge in [0.1, 0.15) is 11.6 Å². The average Bonchev–Trinajstić information content (AvgIpc) is 2.45. The maximum absolute atomic E-state index is 13.3. The highest BCUT2D eigenvalue weighted by molar-refractivity contribution is 5.64. The van der Waals surface area contributed by atoms with Crippen LogP contribution in [0.2, 0.25) is 0 Å². The van der Waals surface area contributed by atoms with Crippen LogP contribution >= 0.6 is 0 Å². The largest absolute Gasteiger partial charge is 0.298 e. The van der Waals surface area contributed by atoms with Crippen molar-refractivity contribution in [3.8, 4) is 0 Å². The molecule has 0 unspecified atom stereocenters. The Labute approximate surface area is 143 Å². The van der Waals surface area contributed by atoms with Gasteiger partial charge in [-0.25, -0.2) is 8.78 Å². The third-order valence-corrected chi connectivity index (χ3v) is 4.00. The smallest absolute Gasteiger partial charge is 0.126 e. The van der Waals surface area contributed by atoms with Crippen molar-refractivity contribution in [1.29, 1.82) is 0 Å². The van der Waals surface area contributed by atoms with E-state index in [0.29, 0.717) is 17.7 Å². The van der Waals surface area contributed by atoms with Crippen LogP contribution in [0.4, 0.5) is 8.78 Å². The lowest BCUT2D eigenvalue weighted by molar-refractivity contribution is 0.368. The molecule has 2 rings (SSSR count). The van der Waals surface area contributed by atoms with Gasteiger partial charge in [-0.2, -0.15) is 0 Å². The van der Waals surface area contributed by atoms with Crippen LogP contribution in [0.1, 0.15) is 37.5 Å². The Balaban J connectivity index is 2.00. The Morgan fingerprint density at radius 2 is 1.54 bits per heavy atom. The van der Waals surface area contributed by atoms with Gasteiger partial charge in [0.15, 0.2) is 0 Å². The number of likely N-dealkylation sites (N-methyl/N-ethyl adjacent to an activating group) is 1. The first-order valence-electron chi connectivity index (χ1n) is 8.07. The summed E-state index contributed by atoms with van der Waals surface area (Å²) in [4.78, 5) is 2.08. The van der Waals surface area contributed by atoms with E-state index in [-0.39, 0.29) is 5.41 Å². The molecule has 0 aliphatic carbocycles. The number of rotatable bonds is 5. The highest BCUT2D eigenvalue weighted by Gasteiger charge is 2.13. The van der Waals surface area contributed by atoms with E-state index in [9.17, 15) is 8.78 Å². The average molecular weight is 329 g/mol. The molecule has 0 fully saturated rings. The number of nitrogens with zero attached hydrogens (tertiary/aromatic N) is 1. The monoisotopic (exact) mass is 329 g/mol. The zero-order chi connectivity index (χ0) is 17.9. The highest BCUT2D eigenvalue weighted by Crippen LogP contribution is 2.23. The molecule has 0 saturated heterocycles. The second-order valence-corrected chi connectivity index (χ2v) is 7.38. The van der Waals surface area contributed by atoms with Crippen LogP contribution in [0.5, 0.6) is 0 Å². The first kappa shape index (κ1) is 18.3. The van der Waals surface area contributed by atoms with E-state index in [4.69, 9.17) is 0 Å². The van der Waals surface area contributed by atoms with Gasteiger partial charge in [0.05, 0.1) is 0 Å². The van der Waals surface area contributed by atoms with E-state index in [1.165, 1.54) is 23.3 Å². The van der Waals surface area contributed by atoms with E-state index in [1.54, 1.807) is 0 Å². The van der Waals surface area contributed by atoms with E-state index in [0.717, 1.165) is 12.6 Å². The van der Waals surface area contributed by atoms with E-state index >= 15 is 0 Å². The number of benzene rings is 2. The van der Waals surface area contributed by atoms with E-state index in [2.05, 4.69) is 56.5 Å². The van der Waals surface area contributed by atoms with Gasteiger partial charge in [0, 0.05) is 19.2 Å². The van der Waals surface area contributed by atoms with Crippen molar-refractivity contribution < 1.29 is 8.78 Å². The molecule has 0 aliphatic heterocycles. The number of hydrogen-bond donors (Lipinski definition) is 0. The number of hydrogen-bond acceptors (Lipinski definition) is 1. The van der Waals surface area contributed by atoms with Gasteiger partial charge in [-0.15, -0.1) is 0 Å². The molecule has 0 atom stereocenters. The van der Waals surface area contributed by atoms with Gasteiger partial charge >= 0.3 is 0 Å². The minimum absolute atomic E-state index is 0.139. The van der Waals surface area contributed by atoms with E-state index in [1.807, 2.05) is 7.05 Å². The molecule has 0 spiro atoms. The topological polar surface area (TPSA) is 3.24 Å². The fourth-order valence-corrected chi connectivity index (χ4v) is 2.65. The van der Waals surface area contributed by atoms with Gasteiger partial charge in [-0.3, -0.25) is 4.90 Å². The zero-order valence-electron chi connectivity index (χ0n) is 14.9. The number of halogens is 2. The highest BCUT2D eigenvalue weighted by atomic mass is 19.1. The maximum Gasteiger partial charge on any atom is 0.126 e. The second kappa shape index (κ2) is 7.27. The summed E-state index contributed by atoms with van der Waals surface area (Å²) >= 11 is 0. The van der Waals surface area contributed by atoms with Gasteiger partial charge in [0.2, 0.25) is 0 Å². The third-order valence-electron chi connectivity index (χ3n) is 4.00. The maximum atomic E-state index is 13.3. The van der Waals surface area contributed by atoms with Gasteiger partial charge in [-0.1, -0.05) is 51.6 Å². The van der Waals surface area contributed by atoms with Crippen molar-refractivity contribution >= 4 is 5.57 Å². The molecule has 1 nitrogen and oxygen atoms in total. The minimum atomic E-state index is -0.577. The summed E-state index contributed by atoms with van der Waals surface area (Å²) in [6.45, 7) is 11.8. The molecule has 0 radical (unpaired) electrons. The van der Waals surface area contributed by atoms with Gasteiger partial charge in [-0.05, 0) is 46.9 Å². The summed E-state index contributed by atoms with van der Waals surface area (Å²) in [5, 5.41) is 0. The Hall–Kier alpha value is -2.00. The molecule has 0 heterocycles. The fourth-order valence-electron chi connectivity index (χ4n) is 2.65. The Bertz CT molecular complexity index is 691. The van der Waals surface area contributed by atoms with Crippen molar-refractivity contribution in [1.82, 2.24) is 4.90 Å². The van der Waals surface area contributed by atoms with Crippen LogP contribution in [0.15, 0.2) is 49.0 Å². The molecule has 0 N–H and O–H groups in total. The van der Waals surface area contributed by atoms with E-state index < -0.39 is 11.6 Å². The predicted molar refractivity (Wildman–Crippen MR) is 96.9 cm³/mol. The predicted octanol–water partition coefficient (Wildman–Crippen LogP) is 5.41. The summed E-state index contributed by atoms with van der Waals surface area (Å²) in [7, 11) is 1.97. The SMILES string of the molecule is C=C(CN(C)Cc1ccc(C(C)(C)C)cc1)c1cc(F)cc(F)c1. The molecule has 0 amide bonds. The molecule has 2 aromatic rings. The molecule has 0 aliphatic rings. The molecule has 0 bridgehead atoms. The summed E-state index contributed by atoms with van der Waals surface area (Å²) < 4.78 is 26.6. The van der Waals surface area contributed by atoms with Crippen LogP contribution < -0.4 is 0 Å². The first-order chi connectivity index (χ1) is 11.1. The van der Waals surface area contributed by atoms with Crippen molar-refractivity contribution in [2.45, 2.75) is 32.7 Å². The van der Waals surface area contributed by atoms with Crippen LogP contribution in [0.3, 0.4) is 0 Å². The van der Waals surface area contributed by atoms with Crippen LogP contribution in [0, 0.1) is 11.6 Å². The molecular formula is C21H25F2N. The summed E-state index contributed by atoms with van der Waals surface area (Å²) in [6.07, 6.45) is 0. The standard InChI is InChI=1S/C21H25F2N/c1-15(17-10-19(22)12-20(23)11-17)13-24(5)14-16-6-8-18(9-7-16)21(2,3)4/h6-12H,1,13-14H2,2-5H3. The quantitative estimate of drug-likeness (QED) is 0.709. The first-order valence-corrected chi connectivity index (χ1v) is 8.07. The van der Waals surface area contributed by atoms with Crippen molar-refractivity contribution in [3.05, 3.63) is 77.4 Å². The molecule has 128 valence electrons. The third kappa shape index (κ3) is 5.00. The summed E-state index contributed by atoms with van der Waals surface area (Å²) in [6, 6.07) is 12.1. The Kier molecular flexibility index (Phi) is 5.55. The molecule has 3 heteroatoms. The lowest BCUT2D eigenvalue weighted by Gasteiger charge is -2.21. The lowest BCUT2D eigenvalue weighted by atomic mass is 9.87. The van der Waals surface area contributed by atoms with Crippen LogP contribution in [0.25, 0.3) is 5.57 Å². The minimum Gasteiger partial charge on any atom is -0.298 e. The van der Waals surface area contributed by atoms with Crippen LogP contribution in [-0.2, 0) is 12.0 Å². The zero-order valence-corrected chi connectivity index (χ0v) is 14.9. The van der Waals surface area contributed by atoms with Crippen molar-refractivity contribution in [2.75, 3.05) is 13.6 Å². The summed E-state index contributed by atoms with van der Waals surface area (Å²) in [5.74, 6) is -1.15. The Morgan fingerprint density at radius 3 is 2.04 bits per heavy atom. The van der Waals surface area contributed by atoms with Gasteiger partial charge in [0.25, 0.3) is 0 Å². The summed E-state index contributed by atoms with van der Waals surface area (Å²) in [5.41, 5.74) is 3.84. The van der Waals surface area contributed by atoms with Crippen LogP contribution in [-0.4, -0.2) is 18.5 Å². The lowest BCUT2D eigenvalue weighted by Crippen LogP contribution is -2.20. The van der Waals surface area contributed by atoms with Gasteiger partial charge < -0.3 is 0 Å². The fraction of sp³-hybridized carbons (Fsp3) is 0.333. The van der Waals surface area contributed by atoms with Crippen molar-refractivity contribution in [3.63, 3.8) is 0 Å².